The van der Waals surface area contributed by atoms with Gasteiger partial charge in [-0.2, -0.15) is 4.98 Å². The van der Waals surface area contributed by atoms with Gasteiger partial charge < -0.3 is 19.7 Å². The third-order valence-electron chi connectivity index (χ3n) is 6.98. The molecule has 0 saturated carbocycles. The molecule has 4 rings (SSSR count). The number of halogens is 3. The molecule has 1 aromatic carbocycles. The number of alkyl halides is 2. The summed E-state index contributed by atoms with van der Waals surface area (Å²) in [5, 5.41) is 3.60. The molecule has 1 saturated heterocycles. The number of hydrogen-bond acceptors (Lipinski definition) is 9. The van der Waals surface area contributed by atoms with E-state index in [1.54, 1.807) is 32.0 Å². The van der Waals surface area contributed by atoms with Crippen LogP contribution < -0.4 is 10.1 Å². The SMILES string of the molecule is COCc1nc(N[C@H](C)c2cccc(C(F)(F)CCN(C)C)c2F)c2cc(C3CCS(=O)(=O)C3)c(OC)nc2n1. The third-order valence-corrected chi connectivity index (χ3v) is 8.75. The van der Waals surface area contributed by atoms with Gasteiger partial charge >= 0.3 is 0 Å². The molecule has 1 unspecified atom stereocenters. The van der Waals surface area contributed by atoms with Crippen molar-refractivity contribution in [1.29, 1.82) is 0 Å². The lowest BCUT2D eigenvalue weighted by Gasteiger charge is -2.23. The first kappa shape index (κ1) is 29.9. The molecule has 2 atom stereocenters. The molecule has 3 heterocycles. The van der Waals surface area contributed by atoms with Crippen molar-refractivity contribution in [2.75, 3.05) is 51.7 Å². The first-order valence-electron chi connectivity index (χ1n) is 12.9. The Morgan fingerprint density at radius 1 is 1.20 bits per heavy atom. The Morgan fingerprint density at radius 3 is 2.58 bits per heavy atom. The molecule has 13 heteroatoms. The van der Waals surface area contributed by atoms with E-state index in [0.29, 0.717) is 23.2 Å². The fourth-order valence-corrected chi connectivity index (χ4v) is 6.62. The molecule has 218 valence electrons. The second-order valence-electron chi connectivity index (χ2n) is 10.3. The smallest absolute Gasteiger partial charge is 0.277 e. The summed E-state index contributed by atoms with van der Waals surface area (Å²) in [5.74, 6) is -3.79. The molecule has 0 amide bonds. The van der Waals surface area contributed by atoms with Crippen LogP contribution in [0.4, 0.5) is 19.0 Å². The molecule has 9 nitrogen and oxygen atoms in total. The van der Waals surface area contributed by atoms with Crippen LogP contribution in [0.1, 0.15) is 54.2 Å². The highest BCUT2D eigenvalue weighted by Crippen LogP contribution is 2.39. The van der Waals surface area contributed by atoms with E-state index in [1.165, 1.54) is 26.4 Å². The van der Waals surface area contributed by atoms with Crippen molar-refractivity contribution >= 4 is 26.7 Å². The van der Waals surface area contributed by atoms with Gasteiger partial charge in [0.2, 0.25) is 5.88 Å². The zero-order valence-corrected chi connectivity index (χ0v) is 24.0. The summed E-state index contributed by atoms with van der Waals surface area (Å²) in [5.41, 5.74) is 0.251. The summed E-state index contributed by atoms with van der Waals surface area (Å²) >= 11 is 0. The number of methoxy groups -OCH3 is 2. The second kappa shape index (κ2) is 11.8. The first-order valence-corrected chi connectivity index (χ1v) is 14.7. The standard InChI is InChI=1S/C27H34F3N5O4S/c1-16(18-7-6-8-21(23(18)28)27(29,30)10-11-35(2)3)31-24-20-13-19(17-9-12-40(36,37)15-17)26(39-5)34-25(20)33-22(32-24)14-38-4/h6-8,13,16-17H,9-12,14-15H2,1-5H3,(H,31,32,33,34)/t16-,17?/m1/s1. The molecule has 3 aromatic rings. The number of hydrogen-bond donors (Lipinski definition) is 1. The lowest BCUT2D eigenvalue weighted by atomic mass is 9.97. The average molecular weight is 582 g/mol. The van der Waals surface area contributed by atoms with E-state index in [2.05, 4.69) is 20.3 Å². The normalized spacial score (nSPS) is 17.9. The molecule has 1 N–H and O–H groups in total. The number of sulfone groups is 1. The minimum atomic E-state index is -3.35. The number of aromatic nitrogens is 3. The van der Waals surface area contributed by atoms with Crippen molar-refractivity contribution in [3.8, 4) is 5.88 Å². The van der Waals surface area contributed by atoms with Gasteiger partial charge in [-0.3, -0.25) is 0 Å². The molecule has 2 aromatic heterocycles. The lowest BCUT2D eigenvalue weighted by Crippen LogP contribution is -2.24. The highest BCUT2D eigenvalue weighted by molar-refractivity contribution is 7.91. The van der Waals surface area contributed by atoms with Crippen LogP contribution >= 0.6 is 0 Å². The van der Waals surface area contributed by atoms with Gasteiger partial charge in [-0.05, 0) is 33.5 Å². The zero-order valence-electron chi connectivity index (χ0n) is 23.2. The van der Waals surface area contributed by atoms with E-state index in [-0.39, 0.29) is 53.5 Å². The van der Waals surface area contributed by atoms with Crippen LogP contribution in [0.3, 0.4) is 0 Å². The Labute approximate surface area is 232 Å². The fraction of sp³-hybridized carbons (Fsp3) is 0.519. The van der Waals surface area contributed by atoms with Crippen LogP contribution in [0, 0.1) is 5.82 Å². The molecule has 40 heavy (non-hydrogen) atoms. The van der Waals surface area contributed by atoms with Gasteiger partial charge in [-0.15, -0.1) is 0 Å². The Morgan fingerprint density at radius 2 is 1.95 bits per heavy atom. The molecule has 1 aliphatic heterocycles. The predicted molar refractivity (Wildman–Crippen MR) is 146 cm³/mol. The van der Waals surface area contributed by atoms with Crippen LogP contribution in [0.5, 0.6) is 5.88 Å². The Bertz CT molecular complexity index is 1490. The molecular formula is C27H34F3N5O4S. The zero-order chi connectivity index (χ0) is 29.2. The number of nitrogens with one attached hydrogen (secondary N) is 1. The van der Waals surface area contributed by atoms with Gasteiger partial charge in [0.15, 0.2) is 21.3 Å². The van der Waals surface area contributed by atoms with E-state index >= 15 is 4.39 Å². The molecule has 1 fully saturated rings. The minimum absolute atomic E-state index is 0.0294. The number of rotatable bonds is 11. The van der Waals surface area contributed by atoms with E-state index in [9.17, 15) is 17.2 Å². The lowest BCUT2D eigenvalue weighted by molar-refractivity contribution is -0.0221. The van der Waals surface area contributed by atoms with Crippen LogP contribution in [0.25, 0.3) is 11.0 Å². The molecule has 0 spiro atoms. The van der Waals surface area contributed by atoms with Crippen molar-refractivity contribution in [1.82, 2.24) is 19.9 Å². The molecule has 0 radical (unpaired) electrons. The fourth-order valence-electron chi connectivity index (χ4n) is 4.85. The van der Waals surface area contributed by atoms with Crippen molar-refractivity contribution in [3.63, 3.8) is 0 Å². The maximum atomic E-state index is 15.5. The number of anilines is 1. The van der Waals surface area contributed by atoms with Crippen molar-refractivity contribution < 1.29 is 31.1 Å². The summed E-state index contributed by atoms with van der Waals surface area (Å²) in [6.07, 6.45) is -0.0973. The molecule has 0 bridgehead atoms. The van der Waals surface area contributed by atoms with Crippen molar-refractivity contribution in [2.45, 2.75) is 44.3 Å². The highest BCUT2D eigenvalue weighted by atomic mass is 32.2. The number of ether oxygens (including phenoxy) is 2. The van der Waals surface area contributed by atoms with Gasteiger partial charge in [0.25, 0.3) is 5.92 Å². The van der Waals surface area contributed by atoms with Gasteiger partial charge in [0.1, 0.15) is 18.2 Å². The first-order chi connectivity index (χ1) is 18.8. The van der Waals surface area contributed by atoms with Gasteiger partial charge in [0.05, 0.1) is 35.6 Å². The number of pyridine rings is 1. The van der Waals surface area contributed by atoms with Crippen LogP contribution in [-0.2, 0) is 27.1 Å². The largest absolute Gasteiger partial charge is 0.481 e. The van der Waals surface area contributed by atoms with E-state index in [1.807, 2.05) is 0 Å². The maximum absolute atomic E-state index is 15.5. The number of benzene rings is 1. The summed E-state index contributed by atoms with van der Waals surface area (Å²) in [7, 11) is 3.11. The summed E-state index contributed by atoms with van der Waals surface area (Å²) < 4.78 is 80.4. The monoisotopic (exact) mass is 581 g/mol. The molecule has 0 aliphatic carbocycles. The Balaban J connectivity index is 1.75. The minimum Gasteiger partial charge on any atom is -0.481 e. The average Bonchev–Trinajstić information content (AvgIpc) is 3.26. The summed E-state index contributed by atoms with van der Waals surface area (Å²) in [6, 6.07) is 4.94. The van der Waals surface area contributed by atoms with Gasteiger partial charge in [-0.1, -0.05) is 18.2 Å². The van der Waals surface area contributed by atoms with E-state index < -0.39 is 39.6 Å². The maximum Gasteiger partial charge on any atom is 0.277 e. The predicted octanol–water partition coefficient (Wildman–Crippen LogP) is 4.44. The van der Waals surface area contributed by atoms with Crippen molar-refractivity contribution in [2.24, 2.45) is 0 Å². The van der Waals surface area contributed by atoms with Gasteiger partial charge in [-0.25, -0.2) is 31.6 Å². The van der Waals surface area contributed by atoms with Gasteiger partial charge in [0, 0.05) is 37.1 Å². The van der Waals surface area contributed by atoms with Crippen LogP contribution in [0.2, 0.25) is 0 Å². The topological polar surface area (TPSA) is 107 Å². The second-order valence-corrected chi connectivity index (χ2v) is 12.5. The third kappa shape index (κ3) is 6.47. The van der Waals surface area contributed by atoms with Crippen molar-refractivity contribution in [3.05, 3.63) is 52.6 Å². The number of nitrogens with zero attached hydrogens (tertiary/aromatic N) is 4. The highest BCUT2D eigenvalue weighted by Gasteiger charge is 2.36. The van der Waals surface area contributed by atoms with Crippen LogP contribution in [-0.4, -0.2) is 74.6 Å². The summed E-state index contributed by atoms with van der Waals surface area (Å²) in [6.45, 7) is 1.81. The Kier molecular flexibility index (Phi) is 8.86. The summed E-state index contributed by atoms with van der Waals surface area (Å²) in [4.78, 5) is 15.1. The Hall–Kier alpha value is -3.03. The number of fused-ring (bicyclic) bond motifs is 1. The quantitative estimate of drug-likeness (QED) is 0.352. The van der Waals surface area contributed by atoms with Crippen LogP contribution in [0.15, 0.2) is 24.3 Å². The molecular weight excluding hydrogens is 547 g/mol. The molecule has 1 aliphatic rings. The van der Waals surface area contributed by atoms with E-state index in [0.717, 1.165) is 6.07 Å². The van der Waals surface area contributed by atoms with E-state index in [4.69, 9.17) is 9.47 Å².